The monoisotopic (exact) mass is 301 g/mol. The van der Waals surface area contributed by atoms with E-state index in [0.29, 0.717) is 6.61 Å². The maximum atomic E-state index is 11.7. The highest BCUT2D eigenvalue weighted by Gasteiger charge is 2.14. The van der Waals surface area contributed by atoms with Gasteiger partial charge in [0, 0.05) is 6.54 Å². The Kier molecular flexibility index (Phi) is 13.7. The molecule has 0 aromatic heterocycles. The normalized spacial score (nSPS) is 11.1. The highest BCUT2D eigenvalue weighted by Crippen LogP contribution is 2.13. The molecule has 0 aliphatic rings. The number of carbonyl (C=O) groups excluding carboxylic acids is 1. The average Bonchev–Trinajstić information content (AvgIpc) is 2.50. The lowest BCUT2D eigenvalue weighted by atomic mass is 10.1. The van der Waals surface area contributed by atoms with Gasteiger partial charge in [-0.3, -0.25) is 0 Å². The standard InChI is InChI=1S/C17H35NO3/c1-5-9-12-16(13-10-6-2)21-17(19)20-15-11-14-18(7-3)8-4/h16H,5-15H2,1-4H3. The van der Waals surface area contributed by atoms with Crippen LogP contribution in [0.1, 0.15) is 72.6 Å². The van der Waals surface area contributed by atoms with Crippen LogP contribution in [0.4, 0.5) is 4.79 Å². The van der Waals surface area contributed by atoms with Crippen LogP contribution in [0.3, 0.4) is 0 Å². The van der Waals surface area contributed by atoms with Gasteiger partial charge in [0.15, 0.2) is 0 Å². The summed E-state index contributed by atoms with van der Waals surface area (Å²) < 4.78 is 10.6. The molecule has 0 aromatic carbocycles. The van der Waals surface area contributed by atoms with Crippen molar-refractivity contribution in [1.82, 2.24) is 4.90 Å². The predicted molar refractivity (Wildman–Crippen MR) is 87.7 cm³/mol. The summed E-state index contributed by atoms with van der Waals surface area (Å²) in [6, 6.07) is 0. The van der Waals surface area contributed by atoms with E-state index in [1.807, 2.05) is 0 Å². The van der Waals surface area contributed by atoms with Gasteiger partial charge in [-0.25, -0.2) is 4.79 Å². The van der Waals surface area contributed by atoms with Gasteiger partial charge in [0.1, 0.15) is 6.10 Å². The Labute approximate surface area is 131 Å². The maximum absolute atomic E-state index is 11.7. The molecule has 0 heterocycles. The van der Waals surface area contributed by atoms with Gasteiger partial charge in [0.25, 0.3) is 0 Å². The predicted octanol–water partition coefficient (Wildman–Crippen LogP) is 4.62. The van der Waals surface area contributed by atoms with Gasteiger partial charge < -0.3 is 14.4 Å². The molecule has 0 aliphatic carbocycles. The van der Waals surface area contributed by atoms with Gasteiger partial charge in [0.05, 0.1) is 6.61 Å². The summed E-state index contributed by atoms with van der Waals surface area (Å²) in [4.78, 5) is 14.0. The molecule has 0 aromatic rings. The third-order valence-electron chi connectivity index (χ3n) is 3.76. The van der Waals surface area contributed by atoms with Gasteiger partial charge in [-0.15, -0.1) is 0 Å². The Bertz CT molecular complexity index is 234. The van der Waals surface area contributed by atoms with Crippen LogP contribution < -0.4 is 0 Å². The molecule has 0 saturated carbocycles. The molecule has 0 unspecified atom stereocenters. The van der Waals surface area contributed by atoms with Gasteiger partial charge in [-0.2, -0.15) is 0 Å². The molecule has 0 saturated heterocycles. The minimum Gasteiger partial charge on any atom is -0.434 e. The zero-order valence-corrected chi connectivity index (χ0v) is 14.5. The van der Waals surface area contributed by atoms with Crippen molar-refractivity contribution in [1.29, 1.82) is 0 Å². The first-order valence-electron chi connectivity index (χ1n) is 8.73. The second-order valence-electron chi connectivity index (χ2n) is 5.50. The third-order valence-corrected chi connectivity index (χ3v) is 3.76. The van der Waals surface area contributed by atoms with E-state index in [1.165, 1.54) is 0 Å². The number of hydrogen-bond donors (Lipinski definition) is 0. The lowest BCUT2D eigenvalue weighted by molar-refractivity contribution is 0.0150. The lowest BCUT2D eigenvalue weighted by Gasteiger charge is -2.19. The van der Waals surface area contributed by atoms with Crippen molar-refractivity contribution in [3.05, 3.63) is 0 Å². The van der Waals surface area contributed by atoms with Gasteiger partial charge in [-0.05, 0) is 32.4 Å². The summed E-state index contributed by atoms with van der Waals surface area (Å²) >= 11 is 0. The Balaban J connectivity index is 3.85. The Morgan fingerprint density at radius 3 is 2.00 bits per heavy atom. The van der Waals surface area contributed by atoms with Crippen LogP contribution in [0.15, 0.2) is 0 Å². The van der Waals surface area contributed by atoms with E-state index in [1.54, 1.807) is 0 Å². The van der Waals surface area contributed by atoms with Crippen LogP contribution in [0, 0.1) is 0 Å². The summed E-state index contributed by atoms with van der Waals surface area (Å²) in [5, 5.41) is 0. The SMILES string of the molecule is CCCCC(CCCC)OC(=O)OCCCN(CC)CC. The minimum atomic E-state index is -0.494. The van der Waals surface area contributed by atoms with Gasteiger partial charge >= 0.3 is 6.16 Å². The van der Waals surface area contributed by atoms with Crippen molar-refractivity contribution in [2.24, 2.45) is 0 Å². The quantitative estimate of drug-likeness (QED) is 0.367. The molecule has 4 nitrogen and oxygen atoms in total. The molecule has 21 heavy (non-hydrogen) atoms. The molecular weight excluding hydrogens is 266 g/mol. The van der Waals surface area contributed by atoms with Crippen LogP contribution in [-0.2, 0) is 9.47 Å². The van der Waals surface area contributed by atoms with Gasteiger partial charge in [-0.1, -0.05) is 53.4 Å². The van der Waals surface area contributed by atoms with E-state index in [2.05, 4.69) is 32.6 Å². The smallest absolute Gasteiger partial charge is 0.434 e. The molecule has 0 bridgehead atoms. The second kappa shape index (κ2) is 14.2. The second-order valence-corrected chi connectivity index (χ2v) is 5.50. The third kappa shape index (κ3) is 11.6. The van der Waals surface area contributed by atoms with E-state index in [4.69, 9.17) is 9.47 Å². The highest BCUT2D eigenvalue weighted by atomic mass is 16.7. The van der Waals surface area contributed by atoms with Crippen LogP contribution in [0.5, 0.6) is 0 Å². The fraction of sp³-hybridized carbons (Fsp3) is 0.941. The molecule has 0 fully saturated rings. The maximum Gasteiger partial charge on any atom is 0.508 e. The molecule has 0 atom stereocenters. The van der Waals surface area contributed by atoms with E-state index >= 15 is 0 Å². The fourth-order valence-electron chi connectivity index (χ4n) is 2.28. The highest BCUT2D eigenvalue weighted by molar-refractivity contribution is 5.60. The topological polar surface area (TPSA) is 38.8 Å². The van der Waals surface area contributed by atoms with Crippen molar-refractivity contribution in [2.75, 3.05) is 26.2 Å². The average molecular weight is 301 g/mol. The summed E-state index contributed by atoms with van der Waals surface area (Å²) in [6.07, 6.45) is 6.76. The van der Waals surface area contributed by atoms with E-state index in [-0.39, 0.29) is 6.10 Å². The Morgan fingerprint density at radius 2 is 1.52 bits per heavy atom. The zero-order chi connectivity index (χ0) is 15.9. The van der Waals surface area contributed by atoms with Crippen molar-refractivity contribution < 1.29 is 14.3 Å². The Hall–Kier alpha value is -0.770. The molecular formula is C17H35NO3. The molecule has 0 amide bonds. The van der Waals surface area contributed by atoms with Crippen LogP contribution >= 0.6 is 0 Å². The largest absolute Gasteiger partial charge is 0.508 e. The lowest BCUT2D eigenvalue weighted by Crippen LogP contribution is -2.25. The first-order valence-corrected chi connectivity index (χ1v) is 8.73. The van der Waals surface area contributed by atoms with Crippen molar-refractivity contribution in [3.63, 3.8) is 0 Å². The summed E-state index contributed by atoms with van der Waals surface area (Å²) in [7, 11) is 0. The molecule has 0 rings (SSSR count). The van der Waals surface area contributed by atoms with Crippen molar-refractivity contribution >= 4 is 6.16 Å². The van der Waals surface area contributed by atoms with Crippen LogP contribution in [0.25, 0.3) is 0 Å². The number of hydrogen-bond acceptors (Lipinski definition) is 4. The number of carbonyl (C=O) groups is 1. The molecule has 0 N–H and O–H groups in total. The van der Waals surface area contributed by atoms with E-state index in [0.717, 1.165) is 64.6 Å². The van der Waals surface area contributed by atoms with E-state index in [9.17, 15) is 4.79 Å². The zero-order valence-electron chi connectivity index (χ0n) is 14.5. The van der Waals surface area contributed by atoms with Crippen LogP contribution in [-0.4, -0.2) is 43.4 Å². The summed E-state index contributed by atoms with van der Waals surface area (Å²) in [6.45, 7) is 12.1. The van der Waals surface area contributed by atoms with Crippen LogP contribution in [0.2, 0.25) is 0 Å². The number of ether oxygens (including phenoxy) is 2. The molecule has 4 heteroatoms. The number of rotatable bonds is 13. The molecule has 0 spiro atoms. The first-order chi connectivity index (χ1) is 10.2. The first kappa shape index (κ1) is 20.2. The minimum absolute atomic E-state index is 0.0279. The fourth-order valence-corrected chi connectivity index (χ4v) is 2.28. The Morgan fingerprint density at radius 1 is 0.952 bits per heavy atom. The molecule has 0 aliphatic heterocycles. The summed E-state index contributed by atoms with van der Waals surface area (Å²) in [5.41, 5.74) is 0. The number of nitrogens with zero attached hydrogens (tertiary/aromatic N) is 1. The van der Waals surface area contributed by atoms with Crippen molar-refractivity contribution in [3.8, 4) is 0 Å². The van der Waals surface area contributed by atoms with Gasteiger partial charge in [0.2, 0.25) is 0 Å². The van der Waals surface area contributed by atoms with E-state index < -0.39 is 6.16 Å². The number of unbranched alkanes of at least 4 members (excludes halogenated alkanes) is 2. The molecule has 126 valence electrons. The summed E-state index contributed by atoms with van der Waals surface area (Å²) in [5.74, 6) is 0. The molecule has 0 radical (unpaired) electrons. The van der Waals surface area contributed by atoms with Crippen molar-refractivity contribution in [2.45, 2.75) is 78.7 Å².